The van der Waals surface area contributed by atoms with Crippen LogP contribution in [0.5, 0.6) is 5.75 Å². The first-order chi connectivity index (χ1) is 17.6. The van der Waals surface area contributed by atoms with E-state index in [9.17, 15) is 0 Å². The number of ether oxygens (including phenoxy) is 1. The topological polar surface area (TPSA) is 42.3 Å². The van der Waals surface area contributed by atoms with Crippen molar-refractivity contribution < 1.29 is 4.74 Å². The van der Waals surface area contributed by atoms with Crippen LogP contribution in [0, 0.1) is 13.8 Å². The van der Waals surface area contributed by atoms with Crippen molar-refractivity contribution in [1.29, 1.82) is 0 Å². The molecule has 1 N–H and O–H groups in total. The number of nitrogens with one attached hydrogen (secondary N) is 1. The summed E-state index contributed by atoms with van der Waals surface area (Å²) in [4.78, 5) is 7.02. The summed E-state index contributed by atoms with van der Waals surface area (Å²) in [6, 6.07) is 17.6. The molecule has 1 aliphatic heterocycles. The normalized spacial score (nSPS) is 22.9. The second kappa shape index (κ2) is 9.89. The van der Waals surface area contributed by atoms with Crippen molar-refractivity contribution in [3.8, 4) is 5.75 Å². The highest BCUT2D eigenvalue weighted by molar-refractivity contribution is 7.80. The third kappa shape index (κ3) is 4.30. The van der Waals surface area contributed by atoms with E-state index in [1.807, 2.05) is 12.3 Å². The Kier molecular flexibility index (Phi) is 6.46. The average Bonchev–Trinajstić information content (AvgIpc) is 3.69. The van der Waals surface area contributed by atoms with Gasteiger partial charge in [-0.2, -0.15) is 0 Å². The second-order valence-corrected chi connectivity index (χ2v) is 11.0. The molecular formula is C30H36N4OS. The van der Waals surface area contributed by atoms with Crippen molar-refractivity contribution in [2.45, 2.75) is 89.4 Å². The molecule has 2 atom stereocenters. The number of nitrogens with zero attached hydrogens (tertiary/aromatic N) is 3. The molecular weight excluding hydrogens is 464 g/mol. The molecule has 6 rings (SSSR count). The van der Waals surface area contributed by atoms with Gasteiger partial charge in [0.1, 0.15) is 5.75 Å². The highest BCUT2D eigenvalue weighted by atomic mass is 32.1. The fraction of sp³-hybridized carbons (Fsp3) is 0.467. The number of hydrogen-bond acceptors (Lipinski definition) is 3. The van der Waals surface area contributed by atoms with Crippen molar-refractivity contribution in [2.75, 3.05) is 4.90 Å². The van der Waals surface area contributed by atoms with Crippen LogP contribution in [0.4, 0.5) is 5.69 Å². The van der Waals surface area contributed by atoms with Crippen LogP contribution in [-0.2, 0) is 0 Å². The van der Waals surface area contributed by atoms with Gasteiger partial charge in [0.05, 0.1) is 23.9 Å². The third-order valence-corrected chi connectivity index (χ3v) is 8.66. The highest BCUT2D eigenvalue weighted by Crippen LogP contribution is 2.45. The monoisotopic (exact) mass is 500 g/mol. The van der Waals surface area contributed by atoms with Gasteiger partial charge in [-0.1, -0.05) is 18.9 Å². The quantitative estimate of drug-likeness (QED) is 0.365. The maximum Gasteiger partial charge on any atom is 0.174 e. The van der Waals surface area contributed by atoms with E-state index < -0.39 is 0 Å². The standard InChI is InChI=1S/C30H36N4OS/c1-20-19-26(21(2)33(20)22-9-3-4-10-22)29-28(27-13-7-8-18-31-27)32-30(36)34(29)23-14-16-25(17-15-23)35-24-11-5-6-12-24/h7-8,13-19,22,24,28-29H,3-6,9-12H2,1-2H3,(H,32,36)/t28-,29+/m1/s1. The van der Waals surface area contributed by atoms with Crippen LogP contribution < -0.4 is 15.0 Å². The van der Waals surface area contributed by atoms with Crippen molar-refractivity contribution in [1.82, 2.24) is 14.9 Å². The number of pyridine rings is 1. The van der Waals surface area contributed by atoms with Gasteiger partial charge in [0.15, 0.2) is 5.11 Å². The zero-order valence-electron chi connectivity index (χ0n) is 21.3. The molecule has 2 saturated carbocycles. The maximum absolute atomic E-state index is 6.24. The molecule has 0 unspecified atom stereocenters. The number of aromatic nitrogens is 2. The van der Waals surface area contributed by atoms with Crippen LogP contribution in [0.25, 0.3) is 0 Å². The fourth-order valence-corrected chi connectivity index (χ4v) is 7.01. The first-order valence-corrected chi connectivity index (χ1v) is 14.0. The Morgan fingerprint density at radius 3 is 2.36 bits per heavy atom. The Bertz CT molecular complexity index is 1210. The molecule has 2 aromatic heterocycles. The largest absolute Gasteiger partial charge is 0.490 e. The van der Waals surface area contributed by atoms with Crippen LogP contribution in [0.3, 0.4) is 0 Å². The average molecular weight is 501 g/mol. The second-order valence-electron chi connectivity index (χ2n) is 10.6. The minimum absolute atomic E-state index is 0.0226. The van der Waals surface area contributed by atoms with Crippen LogP contribution in [0.1, 0.15) is 92.1 Å². The minimum atomic E-state index is -0.0226. The molecule has 3 aliphatic rings. The first kappa shape index (κ1) is 23.5. The van der Waals surface area contributed by atoms with E-state index in [1.165, 1.54) is 55.5 Å². The molecule has 0 radical (unpaired) electrons. The van der Waals surface area contributed by atoms with Crippen LogP contribution in [0.2, 0.25) is 0 Å². The van der Waals surface area contributed by atoms with Gasteiger partial charge >= 0.3 is 0 Å². The van der Waals surface area contributed by atoms with E-state index in [0.29, 0.717) is 12.1 Å². The number of anilines is 1. The molecule has 2 aliphatic carbocycles. The summed E-state index contributed by atoms with van der Waals surface area (Å²) in [6.07, 6.45) is 12.3. The first-order valence-electron chi connectivity index (χ1n) is 13.6. The Balaban J connectivity index is 1.38. The molecule has 0 amide bonds. The molecule has 1 saturated heterocycles. The summed E-state index contributed by atoms with van der Waals surface area (Å²) in [5.74, 6) is 0.945. The van der Waals surface area contributed by atoms with E-state index >= 15 is 0 Å². The van der Waals surface area contributed by atoms with Gasteiger partial charge in [-0.25, -0.2) is 0 Å². The molecule has 188 valence electrons. The molecule has 1 aromatic carbocycles. The van der Waals surface area contributed by atoms with Crippen molar-refractivity contribution in [3.63, 3.8) is 0 Å². The maximum atomic E-state index is 6.24. The van der Waals surface area contributed by atoms with Gasteiger partial charge in [0, 0.05) is 29.3 Å². The van der Waals surface area contributed by atoms with E-state index in [-0.39, 0.29) is 12.1 Å². The molecule has 6 heteroatoms. The Morgan fingerprint density at radius 2 is 1.67 bits per heavy atom. The van der Waals surface area contributed by atoms with E-state index in [4.69, 9.17) is 21.9 Å². The van der Waals surface area contributed by atoms with Gasteiger partial charge in [-0.3, -0.25) is 4.98 Å². The predicted molar refractivity (Wildman–Crippen MR) is 149 cm³/mol. The molecule has 36 heavy (non-hydrogen) atoms. The third-order valence-electron chi connectivity index (χ3n) is 8.35. The number of thiocarbonyl (C=S) groups is 1. The highest BCUT2D eigenvalue weighted by Gasteiger charge is 2.42. The van der Waals surface area contributed by atoms with Crippen LogP contribution >= 0.6 is 12.2 Å². The summed E-state index contributed by atoms with van der Waals surface area (Å²) in [7, 11) is 0. The van der Waals surface area contributed by atoms with E-state index in [1.54, 1.807) is 0 Å². The van der Waals surface area contributed by atoms with Crippen molar-refractivity contribution in [3.05, 3.63) is 77.4 Å². The predicted octanol–water partition coefficient (Wildman–Crippen LogP) is 7.11. The summed E-state index contributed by atoms with van der Waals surface area (Å²) in [5, 5.41) is 4.36. The molecule has 0 bridgehead atoms. The molecule has 0 spiro atoms. The minimum Gasteiger partial charge on any atom is -0.490 e. The Hall–Kier alpha value is -2.86. The smallest absolute Gasteiger partial charge is 0.174 e. The van der Waals surface area contributed by atoms with Crippen molar-refractivity contribution in [2.24, 2.45) is 0 Å². The lowest BCUT2D eigenvalue weighted by Crippen LogP contribution is -2.29. The van der Waals surface area contributed by atoms with Gasteiger partial charge in [-0.05, 0) is 113 Å². The van der Waals surface area contributed by atoms with Gasteiger partial charge in [0.2, 0.25) is 0 Å². The lowest BCUT2D eigenvalue weighted by atomic mass is 9.96. The summed E-state index contributed by atoms with van der Waals surface area (Å²) < 4.78 is 8.82. The molecule has 3 aromatic rings. The van der Waals surface area contributed by atoms with Crippen LogP contribution in [0.15, 0.2) is 54.7 Å². The van der Waals surface area contributed by atoms with E-state index in [0.717, 1.165) is 35.1 Å². The fourth-order valence-electron chi connectivity index (χ4n) is 6.66. The zero-order chi connectivity index (χ0) is 24.6. The van der Waals surface area contributed by atoms with Gasteiger partial charge in [0.25, 0.3) is 0 Å². The lowest BCUT2D eigenvalue weighted by Gasteiger charge is -2.29. The lowest BCUT2D eigenvalue weighted by molar-refractivity contribution is 0.210. The molecule has 3 fully saturated rings. The summed E-state index contributed by atoms with van der Waals surface area (Å²) >= 11 is 5.96. The SMILES string of the molecule is Cc1cc([C@H]2[C@@H](c3ccccn3)NC(=S)N2c2ccc(OC3CCCC3)cc2)c(C)n1C1CCCC1. The summed E-state index contributed by atoms with van der Waals surface area (Å²) in [5.41, 5.74) is 6.11. The van der Waals surface area contributed by atoms with Gasteiger partial charge < -0.3 is 19.5 Å². The summed E-state index contributed by atoms with van der Waals surface area (Å²) in [6.45, 7) is 4.54. The van der Waals surface area contributed by atoms with E-state index in [2.05, 4.69) is 71.1 Å². The number of hydrogen-bond donors (Lipinski definition) is 1. The number of rotatable bonds is 6. The Labute approximate surface area is 219 Å². The van der Waals surface area contributed by atoms with Gasteiger partial charge in [-0.15, -0.1) is 0 Å². The molecule has 5 nitrogen and oxygen atoms in total. The van der Waals surface area contributed by atoms with Crippen LogP contribution in [-0.4, -0.2) is 20.8 Å². The zero-order valence-corrected chi connectivity index (χ0v) is 22.1. The Morgan fingerprint density at radius 1 is 0.944 bits per heavy atom. The number of aryl methyl sites for hydroxylation is 1. The molecule has 3 heterocycles. The number of benzene rings is 1. The van der Waals surface area contributed by atoms with Crippen molar-refractivity contribution >= 4 is 23.0 Å².